The van der Waals surface area contributed by atoms with Gasteiger partial charge in [-0.25, -0.2) is 14.6 Å². The molecule has 2 aromatic rings. The van der Waals surface area contributed by atoms with Gasteiger partial charge in [0.2, 0.25) is 0 Å². The zero-order valence-corrected chi connectivity index (χ0v) is 15.5. The highest BCUT2D eigenvalue weighted by Gasteiger charge is 2.55. The first kappa shape index (κ1) is 18.4. The molecule has 2 aliphatic rings. The third-order valence-corrected chi connectivity index (χ3v) is 6.61. The molecule has 1 spiro atoms. The minimum atomic E-state index is -4.50. The molecule has 4 rings (SSSR count). The molecule has 1 saturated carbocycles. The Balaban J connectivity index is 1.57. The summed E-state index contributed by atoms with van der Waals surface area (Å²) in [5.41, 5.74) is -0.927. The van der Waals surface area contributed by atoms with Crippen LogP contribution in [0.4, 0.5) is 19.0 Å². The van der Waals surface area contributed by atoms with Crippen molar-refractivity contribution in [2.24, 2.45) is 10.6 Å². The Morgan fingerprint density at radius 2 is 1.96 bits per heavy atom. The topological polar surface area (TPSA) is 96.8 Å². The summed E-state index contributed by atoms with van der Waals surface area (Å²) in [6.07, 6.45) is -1.95. The third-order valence-electron chi connectivity index (χ3n) is 5.51. The van der Waals surface area contributed by atoms with E-state index in [1.54, 1.807) is 11.8 Å². The first-order chi connectivity index (χ1) is 12.4. The molecule has 27 heavy (non-hydrogen) atoms. The highest BCUT2D eigenvalue weighted by atomic mass is 32.2. The molecule has 12 heteroatoms. The van der Waals surface area contributed by atoms with Crippen molar-refractivity contribution in [2.75, 3.05) is 25.0 Å². The lowest BCUT2D eigenvalue weighted by molar-refractivity contribution is -0.136. The van der Waals surface area contributed by atoms with Crippen molar-refractivity contribution in [3.05, 3.63) is 23.7 Å². The van der Waals surface area contributed by atoms with Crippen LogP contribution in [-0.2, 0) is 16.4 Å². The standard InChI is InChI=1S/C15H19F3N6O2S/c1-9-20-13(12-11(15(16,17)18)3-4-24(12)21-9)23-7-14(8-23)5-10(6-14)22(2)27(19,25)26/h3-4,10H,5-8H2,1-2H3,(H2,19,25,26). The number of aryl methyl sites for hydroxylation is 1. The number of aromatic nitrogens is 3. The monoisotopic (exact) mass is 404 g/mol. The van der Waals surface area contributed by atoms with Crippen molar-refractivity contribution in [2.45, 2.75) is 32.0 Å². The Bertz CT molecular complexity index is 1000. The number of nitrogens with two attached hydrogens (primary N) is 1. The second-order valence-corrected chi connectivity index (χ2v) is 9.09. The van der Waals surface area contributed by atoms with Crippen molar-refractivity contribution in [3.63, 3.8) is 0 Å². The lowest BCUT2D eigenvalue weighted by Crippen LogP contribution is -2.67. The van der Waals surface area contributed by atoms with E-state index < -0.39 is 21.9 Å². The van der Waals surface area contributed by atoms with Crippen molar-refractivity contribution in [3.8, 4) is 0 Å². The molecule has 0 bridgehead atoms. The fourth-order valence-electron chi connectivity index (χ4n) is 4.14. The minimum absolute atomic E-state index is 0.0551. The molecule has 0 atom stereocenters. The normalized spacial score (nSPS) is 20.3. The molecule has 1 aliphatic heterocycles. The van der Waals surface area contributed by atoms with Crippen LogP contribution >= 0.6 is 0 Å². The second-order valence-electron chi connectivity index (χ2n) is 7.48. The SMILES string of the molecule is Cc1nc(N2CC3(CC(N(C)S(N)(=O)=O)C3)C2)c2c(C(F)(F)F)ccn2n1. The van der Waals surface area contributed by atoms with Crippen molar-refractivity contribution in [1.29, 1.82) is 0 Å². The lowest BCUT2D eigenvalue weighted by Gasteiger charge is -2.60. The van der Waals surface area contributed by atoms with Crippen molar-refractivity contribution in [1.82, 2.24) is 18.9 Å². The van der Waals surface area contributed by atoms with Gasteiger partial charge in [0.1, 0.15) is 11.3 Å². The van der Waals surface area contributed by atoms with Gasteiger partial charge in [-0.05, 0) is 25.8 Å². The molecule has 2 N–H and O–H groups in total. The maximum absolute atomic E-state index is 13.3. The first-order valence-electron chi connectivity index (χ1n) is 8.34. The maximum Gasteiger partial charge on any atom is 0.418 e. The Morgan fingerprint density at radius 3 is 2.52 bits per heavy atom. The highest BCUT2D eigenvalue weighted by Crippen LogP contribution is 2.52. The predicted octanol–water partition coefficient (Wildman–Crippen LogP) is 1.16. The molecule has 2 aromatic heterocycles. The summed E-state index contributed by atoms with van der Waals surface area (Å²) >= 11 is 0. The van der Waals surface area contributed by atoms with Gasteiger partial charge in [0.25, 0.3) is 10.2 Å². The average molecular weight is 404 g/mol. The van der Waals surface area contributed by atoms with E-state index in [9.17, 15) is 21.6 Å². The largest absolute Gasteiger partial charge is 0.418 e. The van der Waals surface area contributed by atoms with Crippen LogP contribution in [0.25, 0.3) is 5.52 Å². The van der Waals surface area contributed by atoms with Crippen LogP contribution in [0.2, 0.25) is 0 Å². The number of anilines is 1. The minimum Gasteiger partial charge on any atom is -0.353 e. The zero-order valence-electron chi connectivity index (χ0n) is 14.7. The van der Waals surface area contributed by atoms with Crippen molar-refractivity contribution >= 4 is 21.5 Å². The predicted molar refractivity (Wildman–Crippen MR) is 91.3 cm³/mol. The summed E-state index contributed by atoms with van der Waals surface area (Å²) in [7, 11) is -2.30. The van der Waals surface area contributed by atoms with E-state index in [1.165, 1.54) is 17.8 Å². The Kier molecular flexibility index (Phi) is 3.79. The summed E-state index contributed by atoms with van der Waals surface area (Å²) in [5.74, 6) is 0.636. The second kappa shape index (κ2) is 5.55. The number of nitrogens with zero attached hydrogens (tertiary/aromatic N) is 5. The van der Waals surface area contributed by atoms with Gasteiger partial charge in [-0.1, -0.05) is 0 Å². The Labute approximate surface area is 153 Å². The van der Waals surface area contributed by atoms with Crippen LogP contribution in [0.1, 0.15) is 24.2 Å². The van der Waals surface area contributed by atoms with Crippen molar-refractivity contribution < 1.29 is 21.6 Å². The van der Waals surface area contributed by atoms with Gasteiger partial charge in [-0.15, -0.1) is 0 Å². The lowest BCUT2D eigenvalue weighted by atomic mass is 9.60. The van der Waals surface area contributed by atoms with Crippen LogP contribution in [0.5, 0.6) is 0 Å². The molecule has 148 valence electrons. The Morgan fingerprint density at radius 1 is 1.33 bits per heavy atom. The molecule has 0 amide bonds. The molecule has 1 aliphatic carbocycles. The molecule has 2 fully saturated rings. The maximum atomic E-state index is 13.3. The summed E-state index contributed by atoms with van der Waals surface area (Å²) in [6.45, 7) is 2.68. The van der Waals surface area contributed by atoms with Gasteiger partial charge < -0.3 is 4.90 Å². The number of fused-ring (bicyclic) bond motifs is 1. The van der Waals surface area contributed by atoms with E-state index in [0.29, 0.717) is 31.8 Å². The number of hydrogen-bond donors (Lipinski definition) is 1. The van der Waals surface area contributed by atoms with Gasteiger partial charge in [0, 0.05) is 37.8 Å². The molecular weight excluding hydrogens is 385 g/mol. The van der Waals surface area contributed by atoms with Gasteiger partial charge >= 0.3 is 6.18 Å². The van der Waals surface area contributed by atoms with E-state index in [0.717, 1.165) is 10.4 Å². The molecule has 8 nitrogen and oxygen atoms in total. The quantitative estimate of drug-likeness (QED) is 0.828. The van der Waals surface area contributed by atoms with Gasteiger partial charge in [0.05, 0.1) is 5.56 Å². The van der Waals surface area contributed by atoms with E-state index >= 15 is 0 Å². The number of hydrogen-bond acceptors (Lipinski definition) is 5. The molecule has 0 aromatic carbocycles. The smallest absolute Gasteiger partial charge is 0.353 e. The van der Waals surface area contributed by atoms with E-state index in [4.69, 9.17) is 5.14 Å². The summed E-state index contributed by atoms with van der Waals surface area (Å²) in [6, 6.07) is 0.830. The third kappa shape index (κ3) is 2.95. The number of rotatable bonds is 3. The van der Waals surface area contributed by atoms with Gasteiger partial charge in [-0.2, -0.15) is 31.0 Å². The summed E-state index contributed by atoms with van der Waals surface area (Å²) in [5, 5.41) is 9.18. The summed E-state index contributed by atoms with van der Waals surface area (Å²) in [4.78, 5) is 6.05. The molecule has 1 saturated heterocycles. The fraction of sp³-hybridized carbons (Fsp3) is 0.600. The Hall–Kier alpha value is -1.92. The van der Waals surface area contributed by atoms with E-state index in [-0.39, 0.29) is 22.8 Å². The molecular formula is C15H19F3N6O2S. The molecule has 0 radical (unpaired) electrons. The van der Waals surface area contributed by atoms with Crippen LogP contribution in [0, 0.1) is 12.3 Å². The number of halogens is 3. The highest BCUT2D eigenvalue weighted by molar-refractivity contribution is 7.86. The summed E-state index contributed by atoms with van der Waals surface area (Å²) < 4.78 is 65.2. The molecule has 0 unspecified atom stereocenters. The van der Waals surface area contributed by atoms with Crippen LogP contribution < -0.4 is 10.0 Å². The van der Waals surface area contributed by atoms with E-state index in [1.807, 2.05) is 0 Å². The van der Waals surface area contributed by atoms with Crippen LogP contribution in [0.15, 0.2) is 12.3 Å². The first-order valence-corrected chi connectivity index (χ1v) is 9.84. The van der Waals surface area contributed by atoms with Gasteiger partial charge in [0.15, 0.2) is 5.82 Å². The molecule has 3 heterocycles. The zero-order chi connectivity index (χ0) is 19.8. The average Bonchev–Trinajstić information content (AvgIpc) is 2.86. The number of alkyl halides is 3. The van der Waals surface area contributed by atoms with Crippen LogP contribution in [-0.4, -0.2) is 53.5 Å². The van der Waals surface area contributed by atoms with E-state index in [2.05, 4.69) is 10.1 Å². The van der Waals surface area contributed by atoms with Gasteiger partial charge in [-0.3, -0.25) is 0 Å². The fourth-order valence-corrected chi connectivity index (χ4v) is 4.70. The van der Waals surface area contributed by atoms with Crippen LogP contribution in [0.3, 0.4) is 0 Å².